The number of imide groups is 1. The summed E-state index contributed by atoms with van der Waals surface area (Å²) in [6.07, 6.45) is -3.07. The third kappa shape index (κ3) is 4.41. The van der Waals surface area contributed by atoms with E-state index < -0.39 is 49.1 Å². The summed E-state index contributed by atoms with van der Waals surface area (Å²) in [5.41, 5.74) is 0.0877. The first kappa shape index (κ1) is 20.8. The van der Waals surface area contributed by atoms with Gasteiger partial charge in [-0.1, -0.05) is 0 Å². The van der Waals surface area contributed by atoms with Crippen LogP contribution in [-0.2, 0) is 9.53 Å². The van der Waals surface area contributed by atoms with E-state index in [0.717, 1.165) is 17.7 Å². The molecule has 0 N–H and O–H groups in total. The van der Waals surface area contributed by atoms with Crippen molar-refractivity contribution in [2.45, 2.75) is 32.0 Å². The number of fused-ring (bicyclic) bond motifs is 1. The molecule has 156 valence electrons. The van der Waals surface area contributed by atoms with Crippen LogP contribution in [0.15, 0.2) is 18.2 Å². The maximum atomic E-state index is 12.8. The number of nitrogens with zero attached hydrogens (tertiary/aromatic N) is 2. The van der Waals surface area contributed by atoms with E-state index in [4.69, 9.17) is 4.74 Å². The Morgan fingerprint density at radius 2 is 1.83 bits per heavy atom. The SMILES string of the molecule is C[C@H](C1CC1)N(CC(F)(F)F)C(=O)COC(=O)c1ccc2c(c1)C(=O)N(C)C2=O. The Bertz CT molecular complexity index is 879. The van der Waals surface area contributed by atoms with E-state index in [0.29, 0.717) is 4.90 Å². The molecule has 1 fully saturated rings. The largest absolute Gasteiger partial charge is 0.452 e. The summed E-state index contributed by atoms with van der Waals surface area (Å²) >= 11 is 0. The molecule has 1 atom stereocenters. The first-order chi connectivity index (χ1) is 13.5. The minimum atomic E-state index is -4.57. The van der Waals surface area contributed by atoms with E-state index in [1.807, 2.05) is 0 Å². The van der Waals surface area contributed by atoms with E-state index in [2.05, 4.69) is 0 Å². The fourth-order valence-corrected chi connectivity index (χ4v) is 3.27. The standard InChI is InChI=1S/C19H19F3N2O5/c1-10(11-3-4-11)24(9-19(20,21)22)15(25)8-29-18(28)12-5-6-13-14(7-12)17(27)23(2)16(13)26/h5-7,10-11H,3-4,8-9H2,1-2H3/t10-/m1/s1. The molecule has 1 aromatic rings. The molecule has 10 heteroatoms. The molecule has 1 heterocycles. The van der Waals surface area contributed by atoms with Crippen LogP contribution in [-0.4, -0.2) is 65.9 Å². The van der Waals surface area contributed by atoms with Gasteiger partial charge in [0.05, 0.1) is 16.7 Å². The van der Waals surface area contributed by atoms with Gasteiger partial charge in [-0.2, -0.15) is 13.2 Å². The molecule has 3 amide bonds. The molecule has 29 heavy (non-hydrogen) atoms. The Labute approximate surface area is 164 Å². The normalized spacial score (nSPS) is 17.2. The Balaban J connectivity index is 1.67. The third-order valence-electron chi connectivity index (χ3n) is 5.12. The van der Waals surface area contributed by atoms with E-state index >= 15 is 0 Å². The van der Waals surface area contributed by atoms with Crippen molar-refractivity contribution in [2.24, 2.45) is 5.92 Å². The van der Waals surface area contributed by atoms with Gasteiger partial charge in [0.1, 0.15) is 6.54 Å². The van der Waals surface area contributed by atoms with Gasteiger partial charge in [0.15, 0.2) is 6.61 Å². The summed E-state index contributed by atoms with van der Waals surface area (Å²) in [7, 11) is 1.30. The van der Waals surface area contributed by atoms with E-state index in [1.165, 1.54) is 25.2 Å². The van der Waals surface area contributed by atoms with Crippen molar-refractivity contribution in [3.63, 3.8) is 0 Å². The molecule has 3 rings (SSSR count). The smallest absolute Gasteiger partial charge is 0.406 e. The van der Waals surface area contributed by atoms with Crippen molar-refractivity contribution in [1.29, 1.82) is 0 Å². The lowest BCUT2D eigenvalue weighted by Crippen LogP contribution is -2.47. The predicted octanol–water partition coefficient (Wildman–Crippen LogP) is 2.26. The van der Waals surface area contributed by atoms with Crippen LogP contribution in [0.3, 0.4) is 0 Å². The number of hydrogen-bond donors (Lipinski definition) is 0. The zero-order chi connectivity index (χ0) is 21.5. The molecule has 0 spiro atoms. The van der Waals surface area contributed by atoms with Gasteiger partial charge in [-0.15, -0.1) is 0 Å². The second-order valence-corrected chi connectivity index (χ2v) is 7.22. The minimum Gasteiger partial charge on any atom is -0.452 e. The molecule has 0 saturated heterocycles. The van der Waals surface area contributed by atoms with Crippen LogP contribution >= 0.6 is 0 Å². The maximum Gasteiger partial charge on any atom is 0.406 e. The number of halogens is 3. The molecule has 1 aromatic carbocycles. The molecule has 1 saturated carbocycles. The molecular formula is C19H19F3N2O5. The zero-order valence-corrected chi connectivity index (χ0v) is 15.8. The van der Waals surface area contributed by atoms with Crippen molar-refractivity contribution < 1.29 is 37.1 Å². The lowest BCUT2D eigenvalue weighted by Gasteiger charge is -2.30. The third-order valence-corrected chi connectivity index (χ3v) is 5.12. The van der Waals surface area contributed by atoms with E-state index in [-0.39, 0.29) is 22.6 Å². The van der Waals surface area contributed by atoms with Gasteiger partial charge >= 0.3 is 12.1 Å². The van der Waals surface area contributed by atoms with Crippen LogP contribution in [0.25, 0.3) is 0 Å². The molecule has 1 aliphatic heterocycles. The number of alkyl halides is 3. The molecule has 7 nitrogen and oxygen atoms in total. The van der Waals surface area contributed by atoms with Gasteiger partial charge in [0.25, 0.3) is 17.7 Å². The van der Waals surface area contributed by atoms with Gasteiger partial charge < -0.3 is 9.64 Å². The maximum absolute atomic E-state index is 12.8. The average Bonchev–Trinajstić information content (AvgIpc) is 3.49. The van der Waals surface area contributed by atoms with Crippen molar-refractivity contribution in [2.75, 3.05) is 20.2 Å². The topological polar surface area (TPSA) is 84.0 Å². The van der Waals surface area contributed by atoms with Crippen LogP contribution in [0.1, 0.15) is 50.8 Å². The van der Waals surface area contributed by atoms with Crippen molar-refractivity contribution in [3.8, 4) is 0 Å². The quantitative estimate of drug-likeness (QED) is 0.529. The molecule has 0 aromatic heterocycles. The number of ether oxygens (including phenoxy) is 1. The fourth-order valence-electron chi connectivity index (χ4n) is 3.27. The fraction of sp³-hybridized carbons (Fsp3) is 0.474. The first-order valence-electron chi connectivity index (χ1n) is 8.99. The summed E-state index contributed by atoms with van der Waals surface area (Å²) in [5.74, 6) is -2.99. The number of carbonyl (C=O) groups is 4. The molecule has 1 aliphatic carbocycles. The Morgan fingerprint density at radius 1 is 1.21 bits per heavy atom. The summed E-state index contributed by atoms with van der Waals surface area (Å²) in [4.78, 5) is 50.0. The molecule has 0 unspecified atom stereocenters. The number of hydrogen-bond acceptors (Lipinski definition) is 5. The Hall–Kier alpha value is -2.91. The van der Waals surface area contributed by atoms with Crippen LogP contribution in [0.4, 0.5) is 13.2 Å². The van der Waals surface area contributed by atoms with Gasteiger partial charge in [0, 0.05) is 13.1 Å². The highest BCUT2D eigenvalue weighted by molar-refractivity contribution is 6.21. The number of carbonyl (C=O) groups excluding carboxylic acids is 4. The first-order valence-corrected chi connectivity index (χ1v) is 8.99. The van der Waals surface area contributed by atoms with Gasteiger partial charge in [0.2, 0.25) is 0 Å². The van der Waals surface area contributed by atoms with Crippen molar-refractivity contribution in [3.05, 3.63) is 34.9 Å². The second kappa shape index (κ2) is 7.49. The second-order valence-electron chi connectivity index (χ2n) is 7.22. The summed E-state index contributed by atoms with van der Waals surface area (Å²) in [6.45, 7) is -0.721. The van der Waals surface area contributed by atoms with Crippen LogP contribution in [0.5, 0.6) is 0 Å². The average molecular weight is 412 g/mol. The van der Waals surface area contributed by atoms with E-state index in [1.54, 1.807) is 6.92 Å². The molecule has 2 aliphatic rings. The minimum absolute atomic E-state index is 0.00857. The monoisotopic (exact) mass is 412 g/mol. The molecular weight excluding hydrogens is 393 g/mol. The Morgan fingerprint density at radius 3 is 2.41 bits per heavy atom. The number of amides is 3. The van der Waals surface area contributed by atoms with Gasteiger partial charge in [-0.3, -0.25) is 19.3 Å². The predicted molar refractivity (Wildman–Crippen MR) is 93.1 cm³/mol. The van der Waals surface area contributed by atoms with Gasteiger partial charge in [-0.25, -0.2) is 4.79 Å². The molecule has 0 bridgehead atoms. The summed E-state index contributed by atoms with van der Waals surface area (Å²) < 4.78 is 43.4. The van der Waals surface area contributed by atoms with E-state index in [9.17, 15) is 32.3 Å². The van der Waals surface area contributed by atoms with Crippen LogP contribution in [0.2, 0.25) is 0 Å². The lowest BCUT2D eigenvalue weighted by molar-refractivity contribution is -0.167. The lowest BCUT2D eigenvalue weighted by atomic mass is 10.1. The van der Waals surface area contributed by atoms with Crippen LogP contribution in [0, 0.1) is 5.92 Å². The highest BCUT2D eigenvalue weighted by Crippen LogP contribution is 2.36. The van der Waals surface area contributed by atoms with Crippen LogP contribution < -0.4 is 0 Å². The molecule has 0 radical (unpaired) electrons. The summed E-state index contributed by atoms with van der Waals surface area (Å²) in [6, 6.07) is 3.12. The number of esters is 1. The number of rotatable bonds is 6. The zero-order valence-electron chi connectivity index (χ0n) is 15.8. The Kier molecular flexibility index (Phi) is 5.38. The summed E-state index contributed by atoms with van der Waals surface area (Å²) in [5, 5.41) is 0. The van der Waals surface area contributed by atoms with Crippen molar-refractivity contribution >= 4 is 23.7 Å². The van der Waals surface area contributed by atoms with Crippen molar-refractivity contribution in [1.82, 2.24) is 9.80 Å². The van der Waals surface area contributed by atoms with Gasteiger partial charge in [-0.05, 0) is 43.9 Å². The highest BCUT2D eigenvalue weighted by atomic mass is 19.4. The number of benzene rings is 1. The highest BCUT2D eigenvalue weighted by Gasteiger charge is 2.40.